The van der Waals surface area contributed by atoms with Crippen LogP contribution in [0.15, 0.2) is 78.1 Å². The molecule has 46 heavy (non-hydrogen) atoms. The van der Waals surface area contributed by atoms with E-state index in [4.69, 9.17) is 11.6 Å². The van der Waals surface area contributed by atoms with Crippen molar-refractivity contribution in [3.05, 3.63) is 101 Å². The minimum Gasteiger partial charge on any atom is -0.388 e. The average molecular weight is 663 g/mol. The number of hydrogen-bond donors (Lipinski definition) is 3. The van der Waals surface area contributed by atoms with Crippen LogP contribution in [-0.4, -0.2) is 47.6 Å². The van der Waals surface area contributed by atoms with E-state index in [0.717, 1.165) is 43.8 Å². The Labute approximate surface area is 269 Å². The Hall–Kier alpha value is -4.39. The van der Waals surface area contributed by atoms with Crippen molar-refractivity contribution in [3.63, 3.8) is 0 Å². The van der Waals surface area contributed by atoms with E-state index in [9.17, 15) is 13.5 Å². The van der Waals surface area contributed by atoms with Crippen LogP contribution >= 0.6 is 11.6 Å². The van der Waals surface area contributed by atoms with Gasteiger partial charge in [0.05, 0.1) is 39.7 Å². The van der Waals surface area contributed by atoms with E-state index in [1.807, 2.05) is 18.3 Å². The Morgan fingerprint density at radius 1 is 1.00 bits per heavy atom. The Bertz CT molecular complexity index is 2060. The molecule has 13 heteroatoms. The second-order valence-corrected chi connectivity index (χ2v) is 13.6. The largest absolute Gasteiger partial charge is 0.388 e. The van der Waals surface area contributed by atoms with Gasteiger partial charge in [0.15, 0.2) is 5.82 Å². The first-order valence-electron chi connectivity index (χ1n) is 14.9. The van der Waals surface area contributed by atoms with Gasteiger partial charge in [0, 0.05) is 41.9 Å². The quantitative estimate of drug-likeness (QED) is 0.181. The van der Waals surface area contributed by atoms with Crippen LogP contribution in [0.25, 0.3) is 22.0 Å². The summed E-state index contributed by atoms with van der Waals surface area (Å²) in [6.45, 7) is 1.74. The highest BCUT2D eigenvalue weighted by atomic mass is 35.5. The molecule has 1 aliphatic heterocycles. The molecule has 1 fully saturated rings. The molecule has 2 aromatic heterocycles. The summed E-state index contributed by atoms with van der Waals surface area (Å²) < 4.78 is 60.0. The summed E-state index contributed by atoms with van der Waals surface area (Å²) in [5.74, 6) is -1.46. The molecule has 2 aliphatic rings. The molecule has 9 nitrogen and oxygen atoms in total. The van der Waals surface area contributed by atoms with Crippen LogP contribution in [-0.2, 0) is 16.4 Å². The molecule has 5 aromatic rings. The van der Waals surface area contributed by atoms with Gasteiger partial charge in [-0.1, -0.05) is 17.7 Å². The molecule has 3 N–H and O–H groups in total. The van der Waals surface area contributed by atoms with Gasteiger partial charge in [0.2, 0.25) is 5.95 Å². The summed E-state index contributed by atoms with van der Waals surface area (Å²) in [4.78, 5) is 15.4. The lowest BCUT2D eigenvalue weighted by Gasteiger charge is -2.33. The third kappa shape index (κ3) is 5.83. The number of anilines is 3. The first kappa shape index (κ1) is 30.3. The molecule has 0 saturated carbocycles. The third-order valence-corrected chi connectivity index (χ3v) is 10.2. The highest BCUT2D eigenvalue weighted by Gasteiger charge is 2.30. The van der Waals surface area contributed by atoms with E-state index in [1.165, 1.54) is 18.2 Å². The van der Waals surface area contributed by atoms with E-state index in [2.05, 4.69) is 29.9 Å². The van der Waals surface area contributed by atoms with E-state index >= 15 is 8.78 Å². The van der Waals surface area contributed by atoms with Crippen molar-refractivity contribution < 1.29 is 22.3 Å². The van der Waals surface area contributed by atoms with Gasteiger partial charge in [-0.2, -0.15) is 0 Å². The van der Waals surface area contributed by atoms with E-state index < -0.39 is 39.0 Å². The highest BCUT2D eigenvalue weighted by molar-refractivity contribution is 7.92. The SMILES string of the molecule is O=S(=O)(Nc1ccc(F)c(-c2ccc3nc(NC4CCN(c5cccnc5)CC4)ncc3c2)c1F)c1cc(Cl)cc2c1CC[C@H]2O. The van der Waals surface area contributed by atoms with Gasteiger partial charge < -0.3 is 15.3 Å². The van der Waals surface area contributed by atoms with Crippen LogP contribution < -0.4 is 14.9 Å². The molecule has 0 amide bonds. The standard InChI is InChI=1S/C33H29ClF2N6O3S/c34-21-15-25-24(4-8-29(25)43)30(16-21)46(44,45)41-28-7-5-26(35)31(32(28)36)19-3-6-27-20(14-19)17-38-33(40-27)39-22-9-12-42(13-10-22)23-2-1-11-37-18-23/h1-3,5-7,11,14-18,22,29,41,43H,4,8-10,12-13H2,(H,38,39,40)/t29-/m1/s1. The number of pyridine rings is 1. The van der Waals surface area contributed by atoms with Crippen LogP contribution in [0.1, 0.15) is 36.5 Å². The average Bonchev–Trinajstić information content (AvgIpc) is 3.42. The Kier molecular flexibility index (Phi) is 7.95. The van der Waals surface area contributed by atoms with Crippen molar-refractivity contribution >= 4 is 49.9 Å². The first-order chi connectivity index (χ1) is 22.2. The van der Waals surface area contributed by atoms with Crippen molar-refractivity contribution in [3.8, 4) is 11.1 Å². The van der Waals surface area contributed by atoms with Crippen molar-refractivity contribution in [1.29, 1.82) is 0 Å². The first-order valence-corrected chi connectivity index (χ1v) is 16.7. The third-order valence-electron chi connectivity index (χ3n) is 8.57. The van der Waals surface area contributed by atoms with Crippen molar-refractivity contribution in [2.75, 3.05) is 28.0 Å². The Balaban J connectivity index is 1.10. The number of aromatic nitrogens is 3. The summed E-state index contributed by atoms with van der Waals surface area (Å²) in [5.41, 5.74) is 1.91. The van der Waals surface area contributed by atoms with Crippen LogP contribution in [0, 0.1) is 11.6 Å². The van der Waals surface area contributed by atoms with Gasteiger partial charge in [0.25, 0.3) is 10.0 Å². The number of benzene rings is 3. The minimum atomic E-state index is -4.33. The predicted octanol–water partition coefficient (Wildman–Crippen LogP) is 6.48. The number of hydrogen-bond acceptors (Lipinski definition) is 8. The molecule has 0 unspecified atom stereocenters. The van der Waals surface area contributed by atoms with Gasteiger partial charge in [-0.25, -0.2) is 27.2 Å². The molecule has 0 spiro atoms. The zero-order chi connectivity index (χ0) is 32.0. The number of aliphatic hydroxyl groups excluding tert-OH is 1. The molecule has 236 valence electrons. The molecule has 3 heterocycles. The lowest BCUT2D eigenvalue weighted by Crippen LogP contribution is -2.39. The fourth-order valence-electron chi connectivity index (χ4n) is 6.23. The number of rotatable bonds is 7. The van der Waals surface area contributed by atoms with E-state index in [0.29, 0.717) is 40.8 Å². The second-order valence-electron chi connectivity index (χ2n) is 11.5. The fourth-order valence-corrected chi connectivity index (χ4v) is 7.91. The summed E-state index contributed by atoms with van der Waals surface area (Å²) in [7, 11) is -4.33. The topological polar surface area (TPSA) is 120 Å². The molecule has 3 aromatic carbocycles. The van der Waals surface area contributed by atoms with Crippen LogP contribution in [0.3, 0.4) is 0 Å². The normalized spacial score (nSPS) is 16.9. The number of fused-ring (bicyclic) bond motifs is 2. The minimum absolute atomic E-state index is 0.128. The van der Waals surface area contributed by atoms with Gasteiger partial charge >= 0.3 is 0 Å². The molecule has 1 atom stereocenters. The maximum absolute atomic E-state index is 15.9. The summed E-state index contributed by atoms with van der Waals surface area (Å²) >= 11 is 6.15. The molecule has 0 radical (unpaired) electrons. The number of aliphatic hydroxyl groups is 1. The number of nitrogens with zero attached hydrogens (tertiary/aromatic N) is 4. The second kappa shape index (κ2) is 12.1. The van der Waals surface area contributed by atoms with Crippen molar-refractivity contribution in [1.82, 2.24) is 15.0 Å². The zero-order valence-electron chi connectivity index (χ0n) is 24.4. The van der Waals surface area contributed by atoms with E-state index in [-0.39, 0.29) is 21.5 Å². The Morgan fingerprint density at radius 3 is 2.61 bits per heavy atom. The van der Waals surface area contributed by atoms with Gasteiger partial charge in [0.1, 0.15) is 5.82 Å². The van der Waals surface area contributed by atoms with Gasteiger partial charge in [-0.3, -0.25) is 9.71 Å². The van der Waals surface area contributed by atoms with Gasteiger partial charge in [-0.15, -0.1) is 0 Å². The number of nitrogens with one attached hydrogen (secondary N) is 2. The number of halogens is 3. The Morgan fingerprint density at radius 2 is 1.83 bits per heavy atom. The maximum Gasteiger partial charge on any atom is 0.262 e. The summed E-state index contributed by atoms with van der Waals surface area (Å²) in [6, 6.07) is 13.8. The molecular formula is C33H29ClF2N6O3S. The van der Waals surface area contributed by atoms with Crippen LogP contribution in [0.2, 0.25) is 5.02 Å². The molecule has 1 saturated heterocycles. The van der Waals surface area contributed by atoms with Crippen molar-refractivity contribution in [2.45, 2.75) is 42.7 Å². The summed E-state index contributed by atoms with van der Waals surface area (Å²) in [6.07, 6.45) is 6.84. The predicted molar refractivity (Wildman–Crippen MR) is 174 cm³/mol. The van der Waals surface area contributed by atoms with Crippen LogP contribution in [0.4, 0.5) is 26.1 Å². The molecule has 7 rings (SSSR count). The van der Waals surface area contributed by atoms with Crippen molar-refractivity contribution in [2.24, 2.45) is 0 Å². The zero-order valence-corrected chi connectivity index (χ0v) is 26.0. The highest BCUT2D eigenvalue weighted by Crippen LogP contribution is 2.39. The monoisotopic (exact) mass is 662 g/mol. The lowest BCUT2D eigenvalue weighted by atomic mass is 10.0. The maximum atomic E-state index is 15.9. The van der Waals surface area contributed by atoms with Crippen LogP contribution in [0.5, 0.6) is 0 Å². The molecule has 1 aliphatic carbocycles. The number of sulfonamides is 1. The summed E-state index contributed by atoms with van der Waals surface area (Å²) in [5, 5.41) is 14.3. The molecule has 0 bridgehead atoms. The molecular weight excluding hydrogens is 634 g/mol. The smallest absolute Gasteiger partial charge is 0.262 e. The fraction of sp³-hybridized carbons (Fsp3) is 0.242. The number of piperidine rings is 1. The lowest BCUT2D eigenvalue weighted by molar-refractivity contribution is 0.180. The van der Waals surface area contributed by atoms with Gasteiger partial charge in [-0.05, 0) is 90.9 Å². The van der Waals surface area contributed by atoms with E-state index in [1.54, 1.807) is 24.5 Å².